The van der Waals surface area contributed by atoms with Gasteiger partial charge >= 0.3 is 0 Å². The zero-order chi connectivity index (χ0) is 6.57. The molecule has 1 radical (unpaired) electrons. The SMILES string of the molecule is CCCC(C)[C](C)O. The zero-order valence-electron chi connectivity index (χ0n) is 5.94. The Hall–Kier alpha value is -0.0400. The monoisotopic (exact) mass is 115 g/mol. The molecular formula is C7H15O. The summed E-state index contributed by atoms with van der Waals surface area (Å²) in [5.74, 6) is 0.389. The highest BCUT2D eigenvalue weighted by atomic mass is 16.3. The first-order chi connectivity index (χ1) is 3.68. The molecule has 0 bridgehead atoms. The van der Waals surface area contributed by atoms with Crippen LogP contribution < -0.4 is 0 Å². The van der Waals surface area contributed by atoms with Gasteiger partial charge in [-0.25, -0.2) is 0 Å². The smallest absolute Gasteiger partial charge is 0.0930 e. The predicted molar refractivity (Wildman–Crippen MR) is 34.9 cm³/mol. The molecule has 49 valence electrons. The average Bonchev–Trinajstić information content (AvgIpc) is 1.67. The standard InChI is InChI=1S/C7H15O/c1-4-5-6(2)7(3)8/h6,8H,4-5H2,1-3H3. The van der Waals surface area contributed by atoms with Gasteiger partial charge < -0.3 is 5.11 Å². The van der Waals surface area contributed by atoms with Crippen LogP contribution in [0.1, 0.15) is 33.6 Å². The fourth-order valence-electron chi connectivity index (χ4n) is 0.642. The van der Waals surface area contributed by atoms with Gasteiger partial charge in [-0.05, 0) is 19.3 Å². The fraction of sp³-hybridized carbons (Fsp3) is 0.857. The van der Waals surface area contributed by atoms with E-state index in [1.807, 2.05) is 6.92 Å². The van der Waals surface area contributed by atoms with Gasteiger partial charge in [0.25, 0.3) is 0 Å². The summed E-state index contributed by atoms with van der Waals surface area (Å²) in [6.07, 6.45) is 2.81. The molecule has 0 fully saturated rings. The highest BCUT2D eigenvalue weighted by Crippen LogP contribution is 2.14. The van der Waals surface area contributed by atoms with Crippen molar-refractivity contribution in [1.29, 1.82) is 0 Å². The Balaban J connectivity index is 3.17. The molecule has 0 saturated heterocycles. The van der Waals surface area contributed by atoms with E-state index in [9.17, 15) is 0 Å². The first kappa shape index (κ1) is 7.96. The summed E-state index contributed by atoms with van der Waals surface area (Å²) in [6.45, 7) is 5.93. The highest BCUT2D eigenvalue weighted by molar-refractivity contribution is 4.74. The van der Waals surface area contributed by atoms with Gasteiger partial charge in [-0.3, -0.25) is 0 Å². The topological polar surface area (TPSA) is 20.2 Å². The lowest BCUT2D eigenvalue weighted by atomic mass is 10.0. The fourth-order valence-corrected chi connectivity index (χ4v) is 0.642. The lowest BCUT2D eigenvalue weighted by Crippen LogP contribution is -2.02. The largest absolute Gasteiger partial charge is 0.387 e. The maximum Gasteiger partial charge on any atom is 0.0930 e. The molecular weight excluding hydrogens is 100 g/mol. The highest BCUT2D eigenvalue weighted by Gasteiger charge is 2.06. The Morgan fingerprint density at radius 1 is 1.62 bits per heavy atom. The third-order valence-electron chi connectivity index (χ3n) is 1.43. The summed E-state index contributed by atoms with van der Waals surface area (Å²) in [5.41, 5.74) is 0. The van der Waals surface area contributed by atoms with Crippen molar-refractivity contribution in [2.24, 2.45) is 5.92 Å². The van der Waals surface area contributed by atoms with Crippen LogP contribution in [0.15, 0.2) is 0 Å². The predicted octanol–water partition coefficient (Wildman–Crippen LogP) is 2.35. The second-order valence-corrected chi connectivity index (χ2v) is 2.33. The van der Waals surface area contributed by atoms with Crippen LogP contribution >= 0.6 is 0 Å². The van der Waals surface area contributed by atoms with Gasteiger partial charge in [-0.15, -0.1) is 0 Å². The molecule has 1 heteroatoms. The van der Waals surface area contributed by atoms with Crippen LogP contribution in [0, 0.1) is 12.0 Å². The van der Waals surface area contributed by atoms with Crippen molar-refractivity contribution in [2.75, 3.05) is 0 Å². The molecule has 0 aliphatic rings. The van der Waals surface area contributed by atoms with Crippen LogP contribution in [0.25, 0.3) is 0 Å². The Labute approximate surface area is 51.7 Å². The van der Waals surface area contributed by atoms with E-state index < -0.39 is 0 Å². The minimum absolute atomic E-state index is 0.389. The summed E-state index contributed by atoms with van der Waals surface area (Å²) in [4.78, 5) is 0. The molecule has 0 rings (SSSR count). The number of hydrogen-bond donors (Lipinski definition) is 1. The van der Waals surface area contributed by atoms with Gasteiger partial charge in [0.2, 0.25) is 0 Å². The molecule has 1 nitrogen and oxygen atoms in total. The van der Waals surface area contributed by atoms with E-state index in [2.05, 4.69) is 6.92 Å². The molecule has 0 aromatic heterocycles. The van der Waals surface area contributed by atoms with Crippen LogP contribution in [0.3, 0.4) is 0 Å². The molecule has 0 amide bonds. The first-order valence-corrected chi connectivity index (χ1v) is 3.20. The number of aliphatic hydroxyl groups excluding tert-OH is 1. The van der Waals surface area contributed by atoms with Crippen LogP contribution in [0.4, 0.5) is 0 Å². The van der Waals surface area contributed by atoms with Crippen molar-refractivity contribution in [1.82, 2.24) is 0 Å². The summed E-state index contributed by atoms with van der Waals surface area (Å²) < 4.78 is 0. The van der Waals surface area contributed by atoms with Crippen LogP contribution in [-0.4, -0.2) is 5.11 Å². The Bertz CT molecular complexity index is 50.3. The minimum atomic E-state index is 0.389. The number of aliphatic hydroxyl groups is 1. The summed E-state index contributed by atoms with van der Waals surface area (Å²) in [6, 6.07) is 0. The minimum Gasteiger partial charge on any atom is -0.387 e. The quantitative estimate of drug-likeness (QED) is 0.598. The van der Waals surface area contributed by atoms with Gasteiger partial charge in [-0.2, -0.15) is 0 Å². The molecule has 0 aliphatic heterocycles. The maximum atomic E-state index is 8.87. The lowest BCUT2D eigenvalue weighted by molar-refractivity contribution is 0.239. The van der Waals surface area contributed by atoms with E-state index in [0.717, 1.165) is 12.8 Å². The summed E-state index contributed by atoms with van der Waals surface area (Å²) >= 11 is 0. The Kier molecular flexibility index (Phi) is 3.88. The molecule has 0 heterocycles. The second-order valence-electron chi connectivity index (χ2n) is 2.33. The Morgan fingerprint density at radius 3 is 2.25 bits per heavy atom. The van der Waals surface area contributed by atoms with E-state index in [1.54, 1.807) is 6.92 Å². The van der Waals surface area contributed by atoms with Crippen molar-refractivity contribution in [3.05, 3.63) is 6.10 Å². The average molecular weight is 115 g/mol. The molecule has 1 atom stereocenters. The summed E-state index contributed by atoms with van der Waals surface area (Å²) in [7, 11) is 0. The molecule has 1 unspecified atom stereocenters. The molecule has 0 saturated carbocycles. The van der Waals surface area contributed by atoms with Crippen molar-refractivity contribution in [3.8, 4) is 0 Å². The van der Waals surface area contributed by atoms with Gasteiger partial charge in [0.15, 0.2) is 0 Å². The zero-order valence-corrected chi connectivity index (χ0v) is 5.94. The van der Waals surface area contributed by atoms with Crippen LogP contribution in [0.2, 0.25) is 0 Å². The van der Waals surface area contributed by atoms with E-state index in [4.69, 9.17) is 5.11 Å². The first-order valence-electron chi connectivity index (χ1n) is 3.20. The normalized spacial score (nSPS) is 14.6. The van der Waals surface area contributed by atoms with Crippen LogP contribution in [0.5, 0.6) is 0 Å². The third kappa shape index (κ3) is 3.03. The molecule has 0 aromatic rings. The number of hydrogen-bond acceptors (Lipinski definition) is 1. The van der Waals surface area contributed by atoms with Crippen molar-refractivity contribution in [2.45, 2.75) is 33.6 Å². The molecule has 0 aliphatic carbocycles. The van der Waals surface area contributed by atoms with Gasteiger partial charge in [0.1, 0.15) is 0 Å². The molecule has 0 spiro atoms. The van der Waals surface area contributed by atoms with E-state index in [0.29, 0.717) is 12.0 Å². The Morgan fingerprint density at radius 2 is 2.12 bits per heavy atom. The van der Waals surface area contributed by atoms with Gasteiger partial charge in [0, 0.05) is 0 Å². The van der Waals surface area contributed by atoms with Crippen molar-refractivity contribution in [3.63, 3.8) is 0 Å². The third-order valence-corrected chi connectivity index (χ3v) is 1.43. The molecule has 0 aromatic carbocycles. The van der Waals surface area contributed by atoms with Crippen molar-refractivity contribution >= 4 is 0 Å². The van der Waals surface area contributed by atoms with Crippen molar-refractivity contribution < 1.29 is 5.11 Å². The van der Waals surface area contributed by atoms with Crippen LogP contribution in [-0.2, 0) is 0 Å². The number of rotatable bonds is 3. The second kappa shape index (κ2) is 3.90. The molecule has 1 N–H and O–H groups in total. The lowest BCUT2D eigenvalue weighted by Gasteiger charge is -2.10. The maximum absolute atomic E-state index is 8.87. The summed E-state index contributed by atoms with van der Waals surface area (Å²) in [5, 5.41) is 8.87. The van der Waals surface area contributed by atoms with Gasteiger partial charge in [-0.1, -0.05) is 20.3 Å². The van der Waals surface area contributed by atoms with Gasteiger partial charge in [0.05, 0.1) is 6.10 Å². The van der Waals surface area contributed by atoms with E-state index in [-0.39, 0.29) is 0 Å². The van der Waals surface area contributed by atoms with E-state index in [1.165, 1.54) is 0 Å². The van der Waals surface area contributed by atoms with E-state index >= 15 is 0 Å². The molecule has 8 heavy (non-hydrogen) atoms.